The molecule has 0 aliphatic rings. The van der Waals surface area contributed by atoms with Gasteiger partial charge in [-0.1, -0.05) is 6.07 Å². The molecule has 3 rings (SSSR count). The monoisotopic (exact) mass is 311 g/mol. The molecule has 0 spiro atoms. The van der Waals surface area contributed by atoms with Gasteiger partial charge in [0, 0.05) is 10.9 Å². The summed E-state index contributed by atoms with van der Waals surface area (Å²) in [5.41, 5.74) is 4.85. The first kappa shape index (κ1) is 15.3. The molecular weight excluding hydrogens is 293 g/mol. The number of anilines is 1. The fraction of sp³-hybridized carbons (Fsp3) is 0.211. The Morgan fingerprint density at radius 2 is 1.87 bits per heavy atom. The van der Waals surface area contributed by atoms with Crippen molar-refractivity contribution < 1.29 is 13.6 Å². The molecule has 0 aliphatic carbocycles. The van der Waals surface area contributed by atoms with Crippen LogP contribution >= 0.6 is 0 Å². The summed E-state index contributed by atoms with van der Waals surface area (Å²) in [6.45, 7) is 5.84. The van der Waals surface area contributed by atoms with Gasteiger partial charge in [-0.2, -0.15) is 0 Å². The van der Waals surface area contributed by atoms with Crippen molar-refractivity contribution in [2.45, 2.75) is 27.2 Å². The van der Waals surface area contributed by atoms with Gasteiger partial charge in [0.05, 0.1) is 18.4 Å². The summed E-state index contributed by atoms with van der Waals surface area (Å²) in [6, 6.07) is 8.71. The summed E-state index contributed by atoms with van der Waals surface area (Å²) < 4.78 is 19.3. The van der Waals surface area contributed by atoms with Crippen molar-refractivity contribution in [2.75, 3.05) is 5.32 Å². The molecule has 0 aliphatic heterocycles. The highest BCUT2D eigenvalue weighted by atomic mass is 19.1. The lowest BCUT2D eigenvalue weighted by molar-refractivity contribution is -0.115. The van der Waals surface area contributed by atoms with Crippen molar-refractivity contribution >= 4 is 22.6 Å². The Morgan fingerprint density at radius 1 is 1.13 bits per heavy atom. The van der Waals surface area contributed by atoms with E-state index >= 15 is 0 Å². The molecule has 118 valence electrons. The van der Waals surface area contributed by atoms with Crippen LogP contribution in [0.1, 0.15) is 22.3 Å². The molecule has 0 saturated heterocycles. The van der Waals surface area contributed by atoms with Gasteiger partial charge in [-0.25, -0.2) is 4.39 Å². The predicted molar refractivity (Wildman–Crippen MR) is 89.2 cm³/mol. The van der Waals surface area contributed by atoms with Crippen molar-refractivity contribution in [3.63, 3.8) is 0 Å². The standard InChI is InChI=1S/C19H18FNO2/c1-11-4-5-17(16(20)6-11)21-19(22)9-14-10-23-18-8-13(3)12(2)7-15(14)18/h4-8,10H,9H2,1-3H3,(H,21,22). The quantitative estimate of drug-likeness (QED) is 0.763. The Morgan fingerprint density at radius 3 is 2.61 bits per heavy atom. The minimum absolute atomic E-state index is 0.142. The SMILES string of the molecule is Cc1ccc(NC(=O)Cc2coc3cc(C)c(C)cc23)c(F)c1. The summed E-state index contributed by atoms with van der Waals surface area (Å²) in [5, 5.41) is 3.53. The molecule has 0 saturated carbocycles. The number of nitrogens with one attached hydrogen (secondary N) is 1. The number of rotatable bonds is 3. The number of carbonyl (C=O) groups excluding carboxylic acids is 1. The van der Waals surface area contributed by atoms with Gasteiger partial charge < -0.3 is 9.73 Å². The van der Waals surface area contributed by atoms with Crippen LogP contribution in [-0.4, -0.2) is 5.91 Å². The summed E-state index contributed by atoms with van der Waals surface area (Å²) in [6.07, 6.45) is 1.73. The Bertz CT molecular complexity index is 896. The van der Waals surface area contributed by atoms with Gasteiger partial charge in [-0.15, -0.1) is 0 Å². The number of halogens is 1. The minimum atomic E-state index is -0.429. The highest BCUT2D eigenvalue weighted by Crippen LogP contribution is 2.25. The van der Waals surface area contributed by atoms with Crippen LogP contribution in [-0.2, 0) is 11.2 Å². The van der Waals surface area contributed by atoms with Crippen LogP contribution in [0.5, 0.6) is 0 Å². The van der Waals surface area contributed by atoms with E-state index in [0.717, 1.165) is 33.2 Å². The van der Waals surface area contributed by atoms with Gasteiger partial charge in [0.15, 0.2) is 0 Å². The zero-order valence-corrected chi connectivity index (χ0v) is 13.4. The maximum absolute atomic E-state index is 13.8. The van der Waals surface area contributed by atoms with Crippen LogP contribution in [0.4, 0.5) is 10.1 Å². The van der Waals surface area contributed by atoms with E-state index in [9.17, 15) is 9.18 Å². The number of carbonyl (C=O) groups is 1. The largest absolute Gasteiger partial charge is 0.464 e. The Hall–Kier alpha value is -2.62. The lowest BCUT2D eigenvalue weighted by Crippen LogP contribution is -2.15. The first-order chi connectivity index (χ1) is 10.9. The summed E-state index contributed by atoms with van der Waals surface area (Å²) in [7, 11) is 0. The van der Waals surface area contributed by atoms with Crippen LogP contribution in [0.2, 0.25) is 0 Å². The van der Waals surface area contributed by atoms with Gasteiger partial charge in [0.25, 0.3) is 0 Å². The molecule has 1 N–H and O–H groups in total. The molecular formula is C19H18FNO2. The third kappa shape index (κ3) is 3.11. The molecule has 0 fully saturated rings. The number of hydrogen-bond acceptors (Lipinski definition) is 2. The summed E-state index contributed by atoms with van der Waals surface area (Å²) >= 11 is 0. The van der Waals surface area contributed by atoms with Crippen LogP contribution in [0, 0.1) is 26.6 Å². The van der Waals surface area contributed by atoms with Crippen LogP contribution in [0.15, 0.2) is 41.0 Å². The average Bonchev–Trinajstić information content (AvgIpc) is 2.85. The first-order valence-corrected chi connectivity index (χ1v) is 7.47. The van der Waals surface area contributed by atoms with E-state index in [0.29, 0.717) is 0 Å². The normalized spacial score (nSPS) is 11.0. The summed E-state index contributed by atoms with van der Waals surface area (Å²) in [4.78, 5) is 12.2. The van der Waals surface area contributed by atoms with Gasteiger partial charge in [0.2, 0.25) is 5.91 Å². The minimum Gasteiger partial charge on any atom is -0.464 e. The molecule has 3 nitrogen and oxygen atoms in total. The highest BCUT2D eigenvalue weighted by molar-refractivity contribution is 5.95. The molecule has 1 aromatic heterocycles. The van der Waals surface area contributed by atoms with E-state index in [1.807, 2.05) is 26.0 Å². The van der Waals surface area contributed by atoms with Crippen molar-refractivity contribution in [1.82, 2.24) is 0 Å². The molecule has 3 aromatic rings. The zero-order valence-electron chi connectivity index (χ0n) is 13.4. The maximum Gasteiger partial charge on any atom is 0.229 e. The van der Waals surface area contributed by atoms with E-state index < -0.39 is 5.82 Å². The van der Waals surface area contributed by atoms with Crippen LogP contribution in [0.25, 0.3) is 11.0 Å². The number of aryl methyl sites for hydroxylation is 3. The molecule has 0 atom stereocenters. The van der Waals surface area contributed by atoms with Crippen molar-refractivity contribution in [1.29, 1.82) is 0 Å². The third-order valence-corrected chi connectivity index (χ3v) is 4.02. The second kappa shape index (κ2) is 5.88. The van der Waals surface area contributed by atoms with Gasteiger partial charge in [-0.05, 0) is 61.7 Å². The molecule has 1 heterocycles. The van der Waals surface area contributed by atoms with Gasteiger partial charge in [-0.3, -0.25) is 4.79 Å². The number of fused-ring (bicyclic) bond motifs is 1. The lowest BCUT2D eigenvalue weighted by Gasteiger charge is -2.07. The Kier molecular flexibility index (Phi) is 3.90. The van der Waals surface area contributed by atoms with E-state index in [4.69, 9.17) is 4.42 Å². The highest BCUT2D eigenvalue weighted by Gasteiger charge is 2.13. The number of furan rings is 1. The van der Waals surface area contributed by atoms with Crippen LogP contribution in [0.3, 0.4) is 0 Å². The van der Waals surface area contributed by atoms with E-state index in [2.05, 4.69) is 5.32 Å². The predicted octanol–water partition coefficient (Wildman–Crippen LogP) is 4.68. The molecule has 1 amide bonds. The van der Waals surface area contributed by atoms with E-state index in [-0.39, 0.29) is 18.0 Å². The van der Waals surface area contributed by atoms with Crippen LogP contribution < -0.4 is 5.32 Å². The summed E-state index contributed by atoms with van der Waals surface area (Å²) in [5.74, 6) is -0.699. The maximum atomic E-state index is 13.8. The molecule has 2 aromatic carbocycles. The average molecular weight is 311 g/mol. The Balaban J connectivity index is 1.81. The van der Waals surface area contributed by atoms with E-state index in [1.165, 1.54) is 6.07 Å². The molecule has 0 bridgehead atoms. The fourth-order valence-electron chi connectivity index (χ4n) is 2.56. The molecule has 0 radical (unpaired) electrons. The topological polar surface area (TPSA) is 42.2 Å². The van der Waals surface area contributed by atoms with Crippen molar-refractivity contribution in [3.8, 4) is 0 Å². The smallest absolute Gasteiger partial charge is 0.229 e. The lowest BCUT2D eigenvalue weighted by atomic mass is 10.0. The fourth-order valence-corrected chi connectivity index (χ4v) is 2.56. The molecule has 0 unspecified atom stereocenters. The molecule has 4 heteroatoms. The van der Waals surface area contributed by atoms with Crippen molar-refractivity contribution in [2.24, 2.45) is 0 Å². The molecule has 23 heavy (non-hydrogen) atoms. The van der Waals surface area contributed by atoms with E-state index in [1.54, 1.807) is 25.3 Å². The van der Waals surface area contributed by atoms with Gasteiger partial charge >= 0.3 is 0 Å². The van der Waals surface area contributed by atoms with Gasteiger partial charge in [0.1, 0.15) is 11.4 Å². The van der Waals surface area contributed by atoms with Crippen molar-refractivity contribution in [3.05, 3.63) is 64.7 Å². The number of amides is 1. The zero-order chi connectivity index (χ0) is 16.6. The number of hydrogen-bond donors (Lipinski definition) is 1. The second-order valence-electron chi connectivity index (χ2n) is 5.90. The Labute approximate surface area is 134 Å². The first-order valence-electron chi connectivity index (χ1n) is 7.47. The number of benzene rings is 2. The third-order valence-electron chi connectivity index (χ3n) is 4.02. The second-order valence-corrected chi connectivity index (χ2v) is 5.90.